The van der Waals surface area contributed by atoms with Crippen molar-refractivity contribution >= 4 is 0 Å². The van der Waals surface area contributed by atoms with Crippen LogP contribution in [0.3, 0.4) is 0 Å². The summed E-state index contributed by atoms with van der Waals surface area (Å²) >= 11 is 0. The fourth-order valence-electron chi connectivity index (χ4n) is 3.61. The highest BCUT2D eigenvalue weighted by molar-refractivity contribution is 5.28. The van der Waals surface area contributed by atoms with Crippen LogP contribution in [0.5, 0.6) is 0 Å². The largest absolute Gasteiger partial charge is 0.389 e. The van der Waals surface area contributed by atoms with Crippen LogP contribution in [-0.2, 0) is 11.2 Å². The van der Waals surface area contributed by atoms with Gasteiger partial charge in [-0.15, -0.1) is 0 Å². The lowest BCUT2D eigenvalue weighted by atomic mass is 9.74. The standard InChI is InChI=1S/C16H24N2O2/c1-16(19,10-13-11-20-9-8-17-13)14-6-2-4-12-5-3-7-18-15(12)14/h3,5,7,13-14,17,19H,2,4,6,8-11H2,1H3. The van der Waals surface area contributed by atoms with Gasteiger partial charge in [-0.25, -0.2) is 0 Å². The summed E-state index contributed by atoms with van der Waals surface area (Å²) in [5.74, 6) is 0.135. The molecule has 0 bridgehead atoms. The highest BCUT2D eigenvalue weighted by Gasteiger charge is 2.38. The minimum absolute atomic E-state index is 0.135. The molecule has 110 valence electrons. The summed E-state index contributed by atoms with van der Waals surface area (Å²) in [7, 11) is 0. The van der Waals surface area contributed by atoms with Gasteiger partial charge in [0.1, 0.15) is 0 Å². The van der Waals surface area contributed by atoms with E-state index in [1.807, 2.05) is 19.2 Å². The van der Waals surface area contributed by atoms with E-state index in [1.165, 1.54) is 5.56 Å². The molecule has 0 saturated carbocycles. The van der Waals surface area contributed by atoms with Gasteiger partial charge in [-0.05, 0) is 44.2 Å². The molecule has 20 heavy (non-hydrogen) atoms. The summed E-state index contributed by atoms with van der Waals surface area (Å²) in [4.78, 5) is 4.55. The fourth-order valence-corrected chi connectivity index (χ4v) is 3.61. The smallest absolute Gasteiger partial charge is 0.0718 e. The number of hydrogen-bond donors (Lipinski definition) is 2. The second-order valence-electron chi connectivity index (χ2n) is 6.28. The zero-order valence-electron chi connectivity index (χ0n) is 12.1. The average molecular weight is 276 g/mol. The zero-order valence-corrected chi connectivity index (χ0v) is 12.1. The van der Waals surface area contributed by atoms with Crippen molar-refractivity contribution in [3.63, 3.8) is 0 Å². The van der Waals surface area contributed by atoms with Crippen LogP contribution >= 0.6 is 0 Å². The molecule has 3 atom stereocenters. The van der Waals surface area contributed by atoms with Crippen molar-refractivity contribution in [3.8, 4) is 0 Å². The Balaban J connectivity index is 1.77. The number of nitrogens with one attached hydrogen (secondary N) is 1. The summed E-state index contributed by atoms with van der Waals surface area (Å²) in [6, 6.07) is 4.38. The van der Waals surface area contributed by atoms with Gasteiger partial charge in [0.2, 0.25) is 0 Å². The Bertz CT molecular complexity index is 456. The van der Waals surface area contributed by atoms with Gasteiger partial charge in [0, 0.05) is 30.4 Å². The molecule has 3 unspecified atom stereocenters. The maximum Gasteiger partial charge on any atom is 0.0718 e. The number of fused-ring (bicyclic) bond motifs is 1. The number of rotatable bonds is 3. The van der Waals surface area contributed by atoms with Gasteiger partial charge in [0.25, 0.3) is 0 Å². The predicted octanol–water partition coefficient (Wildman–Crippen LogP) is 1.63. The Morgan fingerprint density at radius 3 is 3.25 bits per heavy atom. The van der Waals surface area contributed by atoms with Crippen molar-refractivity contribution < 1.29 is 9.84 Å². The first-order chi connectivity index (χ1) is 9.67. The molecule has 1 aliphatic heterocycles. The maximum atomic E-state index is 11.0. The monoisotopic (exact) mass is 276 g/mol. The number of ether oxygens (including phenoxy) is 1. The molecular weight excluding hydrogens is 252 g/mol. The van der Waals surface area contributed by atoms with Crippen molar-refractivity contribution in [2.45, 2.75) is 50.2 Å². The Hall–Kier alpha value is -0.970. The number of nitrogens with zero attached hydrogens (tertiary/aromatic N) is 1. The van der Waals surface area contributed by atoms with Gasteiger partial charge in [0.15, 0.2) is 0 Å². The van der Waals surface area contributed by atoms with Gasteiger partial charge < -0.3 is 15.2 Å². The number of aromatic nitrogens is 1. The Morgan fingerprint density at radius 1 is 1.55 bits per heavy atom. The number of aliphatic hydroxyl groups is 1. The van der Waals surface area contributed by atoms with E-state index in [4.69, 9.17) is 4.74 Å². The van der Waals surface area contributed by atoms with Gasteiger partial charge in [0.05, 0.1) is 18.8 Å². The Kier molecular flexibility index (Phi) is 4.06. The topological polar surface area (TPSA) is 54.4 Å². The lowest BCUT2D eigenvalue weighted by molar-refractivity contribution is -0.0168. The third-order valence-corrected chi connectivity index (χ3v) is 4.60. The molecule has 4 heteroatoms. The molecule has 0 amide bonds. The highest BCUT2D eigenvalue weighted by Crippen LogP contribution is 2.40. The first-order valence-corrected chi connectivity index (χ1v) is 7.64. The van der Waals surface area contributed by atoms with Gasteiger partial charge in [-0.1, -0.05) is 6.07 Å². The van der Waals surface area contributed by atoms with E-state index in [0.717, 1.165) is 38.1 Å². The summed E-state index contributed by atoms with van der Waals surface area (Å²) in [5, 5.41) is 14.4. The van der Waals surface area contributed by atoms with E-state index in [2.05, 4.69) is 16.4 Å². The molecule has 0 aromatic carbocycles. The molecule has 2 N–H and O–H groups in total. The third kappa shape index (κ3) is 2.87. The van der Waals surface area contributed by atoms with E-state index >= 15 is 0 Å². The van der Waals surface area contributed by atoms with Crippen molar-refractivity contribution in [2.75, 3.05) is 19.8 Å². The van der Waals surface area contributed by atoms with Crippen LogP contribution in [0.25, 0.3) is 0 Å². The van der Waals surface area contributed by atoms with Crippen LogP contribution in [-0.4, -0.2) is 41.5 Å². The van der Waals surface area contributed by atoms with E-state index in [-0.39, 0.29) is 12.0 Å². The fraction of sp³-hybridized carbons (Fsp3) is 0.688. The molecule has 3 rings (SSSR count). The van der Waals surface area contributed by atoms with Crippen LogP contribution in [0.1, 0.15) is 43.4 Å². The minimum Gasteiger partial charge on any atom is -0.389 e. The van der Waals surface area contributed by atoms with E-state index in [0.29, 0.717) is 13.0 Å². The molecule has 0 radical (unpaired) electrons. The number of pyridine rings is 1. The maximum absolute atomic E-state index is 11.0. The predicted molar refractivity (Wildman–Crippen MR) is 77.8 cm³/mol. The van der Waals surface area contributed by atoms with Gasteiger partial charge in [-0.2, -0.15) is 0 Å². The molecule has 2 heterocycles. The van der Waals surface area contributed by atoms with Crippen LogP contribution in [0, 0.1) is 0 Å². The molecule has 1 aromatic rings. The first kappa shape index (κ1) is 14.0. The molecule has 1 saturated heterocycles. The third-order valence-electron chi connectivity index (χ3n) is 4.60. The molecular formula is C16H24N2O2. The molecule has 1 aromatic heterocycles. The Labute approximate surface area is 120 Å². The second kappa shape index (κ2) is 5.80. The number of aryl methyl sites for hydroxylation is 1. The molecule has 1 fully saturated rings. The van der Waals surface area contributed by atoms with Crippen LogP contribution < -0.4 is 5.32 Å². The van der Waals surface area contributed by atoms with Crippen LogP contribution in [0.4, 0.5) is 0 Å². The minimum atomic E-state index is -0.734. The van der Waals surface area contributed by atoms with Crippen molar-refractivity contribution in [1.29, 1.82) is 0 Å². The zero-order chi connectivity index (χ0) is 14.0. The average Bonchev–Trinajstić information content (AvgIpc) is 2.47. The van der Waals surface area contributed by atoms with Gasteiger partial charge >= 0.3 is 0 Å². The number of morpholine rings is 1. The van der Waals surface area contributed by atoms with E-state index in [1.54, 1.807) is 0 Å². The SMILES string of the molecule is CC(O)(CC1COCCN1)C1CCCc2cccnc21. The first-order valence-electron chi connectivity index (χ1n) is 7.64. The second-order valence-corrected chi connectivity index (χ2v) is 6.28. The van der Waals surface area contributed by atoms with Crippen molar-refractivity contribution in [3.05, 3.63) is 29.6 Å². The summed E-state index contributed by atoms with van der Waals surface area (Å²) in [6.07, 6.45) is 5.79. The molecule has 4 nitrogen and oxygen atoms in total. The summed E-state index contributed by atoms with van der Waals surface area (Å²) < 4.78 is 5.50. The normalized spacial score (nSPS) is 29.5. The highest BCUT2D eigenvalue weighted by atomic mass is 16.5. The molecule has 0 spiro atoms. The van der Waals surface area contributed by atoms with Crippen LogP contribution in [0.2, 0.25) is 0 Å². The van der Waals surface area contributed by atoms with E-state index in [9.17, 15) is 5.11 Å². The van der Waals surface area contributed by atoms with Crippen LogP contribution in [0.15, 0.2) is 18.3 Å². The summed E-state index contributed by atoms with van der Waals surface area (Å²) in [6.45, 7) is 4.29. The lowest BCUT2D eigenvalue weighted by Crippen LogP contribution is -2.48. The number of hydrogen-bond acceptors (Lipinski definition) is 4. The van der Waals surface area contributed by atoms with Crippen molar-refractivity contribution in [2.24, 2.45) is 0 Å². The Morgan fingerprint density at radius 2 is 2.45 bits per heavy atom. The lowest BCUT2D eigenvalue weighted by Gasteiger charge is -2.39. The van der Waals surface area contributed by atoms with Gasteiger partial charge in [-0.3, -0.25) is 4.98 Å². The quantitative estimate of drug-likeness (QED) is 0.881. The summed E-state index contributed by atoms with van der Waals surface area (Å²) in [5.41, 5.74) is 1.67. The van der Waals surface area contributed by atoms with Crippen molar-refractivity contribution in [1.82, 2.24) is 10.3 Å². The van der Waals surface area contributed by atoms with E-state index < -0.39 is 5.60 Å². The molecule has 1 aliphatic carbocycles. The molecule has 2 aliphatic rings.